The van der Waals surface area contributed by atoms with Crippen molar-refractivity contribution in [2.75, 3.05) is 10.6 Å². The number of nitrogens with zero attached hydrogens (tertiary/aromatic N) is 1. The van der Waals surface area contributed by atoms with E-state index in [1.807, 2.05) is 0 Å². The Morgan fingerprint density at radius 1 is 1.13 bits per heavy atom. The average Bonchev–Trinajstić information content (AvgIpc) is 2.17. The number of hydrogen-bond donors (Lipinski definition) is 1. The van der Waals surface area contributed by atoms with Gasteiger partial charge in [0.25, 0.3) is 0 Å². The SMILES string of the molecule is Nc1cccc(N2C(=O)CCCC2=O)c1. The van der Waals surface area contributed by atoms with Gasteiger partial charge in [0.05, 0.1) is 5.69 Å². The van der Waals surface area contributed by atoms with Gasteiger partial charge < -0.3 is 5.73 Å². The summed E-state index contributed by atoms with van der Waals surface area (Å²) in [6.45, 7) is 0. The van der Waals surface area contributed by atoms with Gasteiger partial charge in [-0.3, -0.25) is 14.5 Å². The molecule has 0 aromatic heterocycles. The number of piperidine rings is 1. The molecule has 0 bridgehead atoms. The van der Waals surface area contributed by atoms with Crippen molar-refractivity contribution in [3.05, 3.63) is 24.3 Å². The monoisotopic (exact) mass is 204 g/mol. The zero-order valence-electron chi connectivity index (χ0n) is 8.27. The van der Waals surface area contributed by atoms with E-state index < -0.39 is 0 Å². The van der Waals surface area contributed by atoms with E-state index in [4.69, 9.17) is 5.73 Å². The van der Waals surface area contributed by atoms with Gasteiger partial charge in [-0.1, -0.05) is 6.07 Å². The second-order valence-corrected chi connectivity index (χ2v) is 3.57. The van der Waals surface area contributed by atoms with Crippen LogP contribution in [0.2, 0.25) is 0 Å². The predicted octanol–water partition coefficient (Wildman–Crippen LogP) is 1.31. The first-order valence-electron chi connectivity index (χ1n) is 4.90. The summed E-state index contributed by atoms with van der Waals surface area (Å²) >= 11 is 0. The zero-order valence-corrected chi connectivity index (χ0v) is 8.27. The van der Waals surface area contributed by atoms with Crippen molar-refractivity contribution in [1.29, 1.82) is 0 Å². The van der Waals surface area contributed by atoms with Gasteiger partial charge in [-0.2, -0.15) is 0 Å². The van der Waals surface area contributed by atoms with Crippen LogP contribution in [0.5, 0.6) is 0 Å². The topological polar surface area (TPSA) is 63.4 Å². The molecule has 0 atom stereocenters. The number of benzene rings is 1. The normalized spacial score (nSPS) is 16.9. The summed E-state index contributed by atoms with van der Waals surface area (Å²) in [6.07, 6.45) is 1.51. The van der Waals surface area contributed by atoms with Crippen molar-refractivity contribution in [1.82, 2.24) is 0 Å². The van der Waals surface area contributed by atoms with Crippen LogP contribution in [0, 0.1) is 0 Å². The summed E-state index contributed by atoms with van der Waals surface area (Å²) in [5.74, 6) is -0.284. The number of nitrogen functional groups attached to an aromatic ring is 1. The average molecular weight is 204 g/mol. The van der Waals surface area contributed by atoms with Crippen molar-refractivity contribution in [2.45, 2.75) is 19.3 Å². The Kier molecular flexibility index (Phi) is 2.41. The Labute approximate surface area is 87.7 Å². The minimum Gasteiger partial charge on any atom is -0.399 e. The summed E-state index contributed by atoms with van der Waals surface area (Å²) in [5, 5.41) is 0. The first-order valence-corrected chi connectivity index (χ1v) is 4.90. The highest BCUT2D eigenvalue weighted by atomic mass is 16.2. The number of hydrogen-bond acceptors (Lipinski definition) is 3. The Morgan fingerprint density at radius 3 is 2.40 bits per heavy atom. The highest BCUT2D eigenvalue weighted by Gasteiger charge is 2.27. The van der Waals surface area contributed by atoms with Gasteiger partial charge in [0, 0.05) is 18.5 Å². The molecule has 15 heavy (non-hydrogen) atoms. The van der Waals surface area contributed by atoms with Crippen molar-refractivity contribution in [3.63, 3.8) is 0 Å². The Balaban J connectivity index is 2.35. The van der Waals surface area contributed by atoms with Gasteiger partial charge in [-0.25, -0.2) is 0 Å². The van der Waals surface area contributed by atoms with Crippen molar-refractivity contribution < 1.29 is 9.59 Å². The Bertz CT molecular complexity index is 399. The maximum atomic E-state index is 11.6. The number of nitrogens with two attached hydrogens (primary N) is 1. The number of carbonyl (C=O) groups is 2. The molecule has 1 aromatic rings. The maximum Gasteiger partial charge on any atom is 0.233 e. The van der Waals surface area contributed by atoms with Gasteiger partial charge in [-0.05, 0) is 24.6 Å². The molecule has 0 spiro atoms. The highest BCUT2D eigenvalue weighted by molar-refractivity contribution is 6.16. The molecule has 4 nitrogen and oxygen atoms in total. The largest absolute Gasteiger partial charge is 0.399 e. The quantitative estimate of drug-likeness (QED) is 0.554. The van der Waals surface area contributed by atoms with E-state index in [0.717, 1.165) is 0 Å². The van der Waals surface area contributed by atoms with Crippen LogP contribution in [-0.2, 0) is 9.59 Å². The molecule has 2 amide bonds. The fraction of sp³-hybridized carbons (Fsp3) is 0.273. The standard InChI is InChI=1S/C11H12N2O2/c12-8-3-1-4-9(7-8)13-10(14)5-2-6-11(13)15/h1,3-4,7H,2,5-6,12H2. The maximum absolute atomic E-state index is 11.6. The molecule has 1 aliphatic rings. The third-order valence-electron chi connectivity index (χ3n) is 2.41. The molecule has 1 aliphatic heterocycles. The van der Waals surface area contributed by atoms with Crippen molar-refractivity contribution >= 4 is 23.2 Å². The lowest BCUT2D eigenvalue weighted by molar-refractivity contribution is -0.129. The van der Waals surface area contributed by atoms with Crippen LogP contribution in [0.1, 0.15) is 19.3 Å². The molecule has 0 unspecified atom stereocenters. The molecular weight excluding hydrogens is 192 g/mol. The number of anilines is 2. The van der Waals surface area contributed by atoms with Gasteiger partial charge in [0.2, 0.25) is 11.8 Å². The van der Waals surface area contributed by atoms with Crippen LogP contribution < -0.4 is 10.6 Å². The molecule has 0 aliphatic carbocycles. The summed E-state index contributed by atoms with van der Waals surface area (Å²) in [7, 11) is 0. The lowest BCUT2D eigenvalue weighted by Crippen LogP contribution is -2.40. The smallest absolute Gasteiger partial charge is 0.233 e. The molecule has 1 saturated heterocycles. The van der Waals surface area contributed by atoms with Crippen LogP contribution >= 0.6 is 0 Å². The van der Waals surface area contributed by atoms with Crippen molar-refractivity contribution in [3.8, 4) is 0 Å². The van der Waals surface area contributed by atoms with Crippen LogP contribution in [-0.4, -0.2) is 11.8 Å². The van der Waals surface area contributed by atoms with Crippen LogP contribution in [0.25, 0.3) is 0 Å². The highest BCUT2D eigenvalue weighted by Crippen LogP contribution is 2.23. The molecule has 0 saturated carbocycles. The summed E-state index contributed by atoms with van der Waals surface area (Å²) < 4.78 is 0. The minimum absolute atomic E-state index is 0.142. The lowest BCUT2D eigenvalue weighted by atomic mass is 10.1. The molecule has 2 N–H and O–H groups in total. The third-order valence-corrected chi connectivity index (χ3v) is 2.41. The van der Waals surface area contributed by atoms with Gasteiger partial charge in [0.1, 0.15) is 0 Å². The molecule has 4 heteroatoms. The molecule has 1 fully saturated rings. The number of carbonyl (C=O) groups excluding carboxylic acids is 2. The first kappa shape index (κ1) is 9.71. The molecule has 78 valence electrons. The van der Waals surface area contributed by atoms with E-state index in [0.29, 0.717) is 30.6 Å². The fourth-order valence-corrected chi connectivity index (χ4v) is 1.71. The van der Waals surface area contributed by atoms with Crippen LogP contribution in [0.4, 0.5) is 11.4 Å². The third kappa shape index (κ3) is 1.83. The number of imide groups is 1. The minimum atomic E-state index is -0.142. The Morgan fingerprint density at radius 2 is 1.80 bits per heavy atom. The molecule has 1 heterocycles. The Hall–Kier alpha value is -1.84. The van der Waals surface area contributed by atoms with Crippen molar-refractivity contribution in [2.24, 2.45) is 0 Å². The van der Waals surface area contributed by atoms with E-state index in [1.165, 1.54) is 4.90 Å². The molecular formula is C11H12N2O2. The van der Waals surface area contributed by atoms with E-state index in [1.54, 1.807) is 24.3 Å². The second-order valence-electron chi connectivity index (χ2n) is 3.57. The van der Waals surface area contributed by atoms with E-state index in [-0.39, 0.29) is 11.8 Å². The lowest BCUT2D eigenvalue weighted by Gasteiger charge is -2.24. The van der Waals surface area contributed by atoms with Gasteiger partial charge in [-0.15, -0.1) is 0 Å². The van der Waals surface area contributed by atoms with E-state index >= 15 is 0 Å². The zero-order chi connectivity index (χ0) is 10.8. The summed E-state index contributed by atoms with van der Waals surface area (Å²) in [4.78, 5) is 24.4. The fourth-order valence-electron chi connectivity index (χ4n) is 1.71. The van der Waals surface area contributed by atoms with Crippen LogP contribution in [0.15, 0.2) is 24.3 Å². The molecule has 0 radical (unpaired) electrons. The number of rotatable bonds is 1. The van der Waals surface area contributed by atoms with Gasteiger partial charge in [0.15, 0.2) is 0 Å². The summed E-state index contributed by atoms with van der Waals surface area (Å²) in [5.41, 5.74) is 6.74. The predicted molar refractivity (Wildman–Crippen MR) is 57.2 cm³/mol. The number of amides is 2. The molecule has 1 aromatic carbocycles. The van der Waals surface area contributed by atoms with Gasteiger partial charge >= 0.3 is 0 Å². The van der Waals surface area contributed by atoms with E-state index in [9.17, 15) is 9.59 Å². The summed E-state index contributed by atoms with van der Waals surface area (Å²) in [6, 6.07) is 6.82. The molecule has 2 rings (SSSR count). The van der Waals surface area contributed by atoms with E-state index in [2.05, 4.69) is 0 Å². The first-order chi connectivity index (χ1) is 7.18. The second kappa shape index (κ2) is 3.73. The van der Waals surface area contributed by atoms with Crippen LogP contribution in [0.3, 0.4) is 0 Å².